The smallest absolute Gasteiger partial charge is 0.174 e. The fraction of sp³-hybridized carbons (Fsp3) is 0.636. The first kappa shape index (κ1) is 13.7. The zero-order valence-electron chi connectivity index (χ0n) is 10.3. The number of nitrogens with zero attached hydrogens (tertiary/aromatic N) is 2. The van der Waals surface area contributed by atoms with E-state index < -0.39 is 0 Å². The Morgan fingerprint density at radius 2 is 2.12 bits per heavy atom. The number of nitrogens with one attached hydrogen (secondary N) is 1. The van der Waals surface area contributed by atoms with Gasteiger partial charge in [0.1, 0.15) is 5.01 Å². The summed E-state index contributed by atoms with van der Waals surface area (Å²) in [5, 5.41) is 12.5. The molecule has 0 aliphatic rings. The van der Waals surface area contributed by atoms with Gasteiger partial charge in [0.05, 0.1) is 0 Å². The Hall–Kier alpha value is -0.390. The van der Waals surface area contributed by atoms with Crippen LogP contribution in [0.2, 0.25) is 0 Å². The van der Waals surface area contributed by atoms with Gasteiger partial charge in [-0.25, -0.2) is 0 Å². The van der Waals surface area contributed by atoms with Gasteiger partial charge in [-0.1, -0.05) is 35.3 Å². The van der Waals surface area contributed by atoms with Gasteiger partial charge in [0.25, 0.3) is 0 Å². The maximum absolute atomic E-state index is 4.07. The lowest BCUT2D eigenvalue weighted by Crippen LogP contribution is -2.37. The second-order valence-electron chi connectivity index (χ2n) is 4.73. The molecule has 0 spiro atoms. The van der Waals surface area contributed by atoms with Crippen molar-refractivity contribution >= 4 is 23.1 Å². The second kappa shape index (κ2) is 5.80. The van der Waals surface area contributed by atoms with Gasteiger partial charge in [-0.05, 0) is 27.7 Å². The lowest BCUT2D eigenvalue weighted by Gasteiger charge is -2.21. The molecule has 0 bridgehead atoms. The zero-order valence-corrected chi connectivity index (χ0v) is 12.0. The van der Waals surface area contributed by atoms with Gasteiger partial charge in [0, 0.05) is 17.8 Å². The molecule has 90 valence electrons. The molecule has 1 aromatic rings. The van der Waals surface area contributed by atoms with Crippen molar-refractivity contribution in [2.75, 3.05) is 12.3 Å². The van der Waals surface area contributed by atoms with Crippen LogP contribution in [0.15, 0.2) is 16.5 Å². The van der Waals surface area contributed by atoms with Crippen LogP contribution in [-0.2, 0) is 0 Å². The molecule has 0 aliphatic carbocycles. The molecule has 1 rings (SSSR count). The number of hydrogen-bond donors (Lipinski definition) is 1. The third kappa shape index (κ3) is 5.63. The molecule has 0 aliphatic heterocycles. The number of thioether (sulfide) groups is 1. The minimum absolute atomic E-state index is 0.146. The summed E-state index contributed by atoms with van der Waals surface area (Å²) in [4.78, 5) is 0. The van der Waals surface area contributed by atoms with Gasteiger partial charge in [-0.15, -0.1) is 10.2 Å². The minimum Gasteiger partial charge on any atom is -0.308 e. The van der Waals surface area contributed by atoms with Crippen LogP contribution in [0.5, 0.6) is 0 Å². The highest BCUT2D eigenvalue weighted by atomic mass is 32.2. The Labute approximate surface area is 106 Å². The van der Waals surface area contributed by atoms with Crippen molar-refractivity contribution in [3.63, 3.8) is 0 Å². The molecule has 0 unspecified atom stereocenters. The van der Waals surface area contributed by atoms with E-state index in [9.17, 15) is 0 Å². The van der Waals surface area contributed by atoms with Crippen molar-refractivity contribution in [2.24, 2.45) is 0 Å². The number of aromatic nitrogens is 2. The van der Waals surface area contributed by atoms with Crippen LogP contribution in [-0.4, -0.2) is 28.0 Å². The highest BCUT2D eigenvalue weighted by Gasteiger charge is 2.09. The monoisotopic (exact) mass is 257 g/mol. The molecule has 0 saturated carbocycles. The van der Waals surface area contributed by atoms with Crippen molar-refractivity contribution in [3.05, 3.63) is 17.2 Å². The van der Waals surface area contributed by atoms with Crippen LogP contribution in [0.25, 0.3) is 0 Å². The van der Waals surface area contributed by atoms with Crippen molar-refractivity contribution in [3.8, 4) is 0 Å². The van der Waals surface area contributed by atoms with Gasteiger partial charge in [-0.2, -0.15) is 0 Å². The Kier molecular flexibility index (Phi) is 4.95. The fourth-order valence-electron chi connectivity index (χ4n) is 0.942. The third-order valence-corrected chi connectivity index (χ3v) is 3.89. The Bertz CT molecular complexity index is 352. The summed E-state index contributed by atoms with van der Waals surface area (Å²) in [6.45, 7) is 13.3. The summed E-state index contributed by atoms with van der Waals surface area (Å²) < 4.78 is 1.02. The summed E-state index contributed by atoms with van der Waals surface area (Å²) in [5.41, 5.74) is 1.33. The molecule has 0 radical (unpaired) electrons. The molecule has 5 heteroatoms. The zero-order chi connectivity index (χ0) is 12.2. The maximum Gasteiger partial charge on any atom is 0.174 e. The average molecular weight is 257 g/mol. The quantitative estimate of drug-likeness (QED) is 0.650. The molecular formula is C11H19N3S2. The normalized spacial score (nSPS) is 11.8. The summed E-state index contributed by atoms with van der Waals surface area (Å²) >= 11 is 3.34. The summed E-state index contributed by atoms with van der Waals surface area (Å²) in [5.74, 6) is 0.901. The lowest BCUT2D eigenvalue weighted by molar-refractivity contribution is 0.445. The van der Waals surface area contributed by atoms with E-state index in [4.69, 9.17) is 0 Å². The van der Waals surface area contributed by atoms with Gasteiger partial charge >= 0.3 is 0 Å². The summed E-state index contributed by atoms with van der Waals surface area (Å²) in [6, 6.07) is 0. The van der Waals surface area contributed by atoms with Crippen LogP contribution < -0.4 is 5.32 Å². The van der Waals surface area contributed by atoms with Crippen LogP contribution in [0.4, 0.5) is 0 Å². The van der Waals surface area contributed by atoms with Crippen molar-refractivity contribution < 1.29 is 0 Å². The molecule has 1 N–H and O–H groups in total. The first-order valence-corrected chi connectivity index (χ1v) is 7.01. The molecule has 0 amide bonds. The first-order valence-electron chi connectivity index (χ1n) is 5.21. The van der Waals surface area contributed by atoms with Crippen LogP contribution in [0.1, 0.15) is 25.8 Å². The third-order valence-electron chi connectivity index (χ3n) is 1.78. The van der Waals surface area contributed by atoms with E-state index in [2.05, 4.69) is 42.9 Å². The van der Waals surface area contributed by atoms with Gasteiger partial charge < -0.3 is 5.32 Å². The largest absolute Gasteiger partial charge is 0.308 e. The van der Waals surface area contributed by atoms with Crippen LogP contribution in [0.3, 0.4) is 0 Å². The van der Waals surface area contributed by atoms with E-state index in [0.29, 0.717) is 0 Å². The molecular weight excluding hydrogens is 238 g/mol. The highest BCUT2D eigenvalue weighted by molar-refractivity contribution is 8.01. The first-order chi connectivity index (χ1) is 7.37. The highest BCUT2D eigenvalue weighted by Crippen LogP contribution is 2.23. The number of rotatable bonds is 5. The minimum atomic E-state index is 0.146. The summed E-state index contributed by atoms with van der Waals surface area (Å²) in [7, 11) is 0. The molecule has 1 aromatic heterocycles. The Balaban J connectivity index is 2.25. The van der Waals surface area contributed by atoms with Crippen molar-refractivity contribution in [2.45, 2.75) is 37.6 Å². The predicted octanol–water partition coefficient (Wildman–Crippen LogP) is 2.88. The average Bonchev–Trinajstić information content (AvgIpc) is 2.57. The van der Waals surface area contributed by atoms with Crippen LogP contribution in [0, 0.1) is 6.92 Å². The van der Waals surface area contributed by atoms with E-state index in [-0.39, 0.29) is 5.54 Å². The SMILES string of the molecule is C=C(CNC(C)(C)C)CSc1nnc(C)s1. The van der Waals surface area contributed by atoms with Gasteiger partial charge in [0.15, 0.2) is 4.34 Å². The lowest BCUT2D eigenvalue weighted by atomic mass is 10.1. The molecule has 3 nitrogen and oxygen atoms in total. The second-order valence-corrected chi connectivity index (χ2v) is 7.13. The fourth-order valence-corrected chi connectivity index (χ4v) is 2.66. The van der Waals surface area contributed by atoms with E-state index in [1.54, 1.807) is 23.1 Å². The molecule has 0 aromatic carbocycles. The Morgan fingerprint density at radius 3 is 2.62 bits per heavy atom. The van der Waals surface area contributed by atoms with Crippen LogP contribution >= 0.6 is 23.1 Å². The number of aryl methyl sites for hydroxylation is 1. The summed E-state index contributed by atoms with van der Waals surface area (Å²) in [6.07, 6.45) is 0. The number of hydrogen-bond acceptors (Lipinski definition) is 5. The molecule has 0 atom stereocenters. The van der Waals surface area contributed by atoms with E-state index in [1.807, 2.05) is 6.92 Å². The van der Waals surface area contributed by atoms with Gasteiger partial charge in [-0.3, -0.25) is 0 Å². The van der Waals surface area contributed by atoms with Crippen molar-refractivity contribution in [1.82, 2.24) is 15.5 Å². The molecule has 0 saturated heterocycles. The predicted molar refractivity (Wildman–Crippen MR) is 72.3 cm³/mol. The molecule has 16 heavy (non-hydrogen) atoms. The van der Waals surface area contributed by atoms with E-state index in [1.165, 1.54) is 5.57 Å². The molecule has 0 fully saturated rings. The van der Waals surface area contributed by atoms with E-state index in [0.717, 1.165) is 21.6 Å². The topological polar surface area (TPSA) is 37.8 Å². The molecule has 1 heterocycles. The van der Waals surface area contributed by atoms with E-state index >= 15 is 0 Å². The maximum atomic E-state index is 4.07. The standard InChI is InChI=1S/C11H19N3S2/c1-8(6-12-11(3,4)5)7-15-10-14-13-9(2)16-10/h12H,1,6-7H2,2-5H3. The van der Waals surface area contributed by atoms with Crippen molar-refractivity contribution in [1.29, 1.82) is 0 Å². The Morgan fingerprint density at radius 1 is 1.44 bits per heavy atom. The van der Waals surface area contributed by atoms with Gasteiger partial charge in [0.2, 0.25) is 0 Å².